The first-order valence-corrected chi connectivity index (χ1v) is 18.9. The zero-order valence-electron chi connectivity index (χ0n) is 34.1. The monoisotopic (exact) mass is 936 g/mol. The van der Waals surface area contributed by atoms with Crippen molar-refractivity contribution in [3.63, 3.8) is 0 Å². The molecule has 0 aliphatic rings. The second-order valence-electron chi connectivity index (χ2n) is 14.3. The van der Waals surface area contributed by atoms with Gasteiger partial charge in [0.05, 0.1) is 12.5 Å². The van der Waals surface area contributed by atoms with Crippen LogP contribution in [0.3, 0.4) is 0 Å². The Balaban J connectivity index is 0.000000151. The lowest BCUT2D eigenvalue weighted by Gasteiger charge is -2.09. The molecule has 0 fully saturated rings. The zero-order chi connectivity index (χ0) is 49.6. The van der Waals surface area contributed by atoms with E-state index in [1.54, 1.807) is 0 Å². The fraction of sp³-hybridized carbons (Fsp3) is 0.0217. The first-order valence-electron chi connectivity index (χ1n) is 18.9. The van der Waals surface area contributed by atoms with Crippen LogP contribution in [0.15, 0.2) is 113 Å². The summed E-state index contributed by atoms with van der Waals surface area (Å²) in [5.41, 5.74) is -2.63. The lowest BCUT2D eigenvalue weighted by atomic mass is 10.1. The molecule has 0 bridgehead atoms. The average Bonchev–Trinajstić information content (AvgIpc) is 3.30. The van der Waals surface area contributed by atoms with Crippen molar-refractivity contribution in [2.75, 3.05) is 7.11 Å². The molecule has 9 aromatic rings. The van der Waals surface area contributed by atoms with Crippen LogP contribution in [0, 0.1) is 0 Å². The maximum absolute atomic E-state index is 12.3. The lowest BCUT2D eigenvalue weighted by Crippen LogP contribution is -2.03. The van der Waals surface area contributed by atoms with Crippen LogP contribution >= 0.6 is 0 Å². The summed E-state index contributed by atoms with van der Waals surface area (Å²) in [5, 5.41) is 143. The molecule has 68 heavy (non-hydrogen) atoms. The third kappa shape index (κ3) is 8.20. The highest BCUT2D eigenvalue weighted by Crippen LogP contribution is 2.44. The molecule has 0 unspecified atom stereocenters. The summed E-state index contributed by atoms with van der Waals surface area (Å²) in [6.07, 6.45) is 0. The van der Waals surface area contributed by atoms with Gasteiger partial charge >= 0.3 is 0 Å². The Morgan fingerprint density at radius 1 is 0.353 bits per heavy atom. The summed E-state index contributed by atoms with van der Waals surface area (Å²) in [5.74, 6) is -9.70. The van der Waals surface area contributed by atoms with Crippen LogP contribution < -0.4 is 21.0 Å². The van der Waals surface area contributed by atoms with Crippen LogP contribution in [0.5, 0.6) is 92.0 Å². The molecule has 0 radical (unpaired) electrons. The smallest absolute Gasteiger partial charge is 0.238 e. The highest BCUT2D eigenvalue weighted by Gasteiger charge is 2.24. The third-order valence-corrected chi connectivity index (χ3v) is 9.91. The number of hydrogen-bond donors (Lipinski definition) is 15. The predicted molar refractivity (Wildman–Crippen MR) is 235 cm³/mol. The van der Waals surface area contributed by atoms with Crippen molar-refractivity contribution in [3.05, 3.63) is 116 Å². The predicted octanol–water partition coefficient (Wildman–Crippen LogP) is 5.97. The van der Waals surface area contributed by atoms with E-state index in [-0.39, 0.29) is 84.5 Å². The van der Waals surface area contributed by atoms with Crippen molar-refractivity contribution < 1.29 is 94.6 Å². The van der Waals surface area contributed by atoms with Gasteiger partial charge in [-0.05, 0) is 60.7 Å². The molecule has 0 amide bonds. The highest BCUT2D eigenvalue weighted by molar-refractivity contribution is 5.91. The van der Waals surface area contributed by atoms with Crippen LogP contribution in [0.2, 0.25) is 0 Å². The molecule has 0 aliphatic heterocycles. The molecule has 15 N–H and O–H groups in total. The van der Waals surface area contributed by atoms with Gasteiger partial charge in [0.25, 0.3) is 0 Å². The quantitative estimate of drug-likeness (QED) is 0.0903. The van der Waals surface area contributed by atoms with Crippen LogP contribution in [0.1, 0.15) is 0 Å². The average molecular weight is 937 g/mol. The maximum Gasteiger partial charge on any atom is 0.238 e. The molecule has 22 nitrogen and oxygen atoms in total. The number of methoxy groups -OCH3 is 1. The number of fused-ring (bicyclic) bond motifs is 3. The molecule has 22 heteroatoms. The van der Waals surface area contributed by atoms with Crippen LogP contribution in [-0.2, 0) is 0 Å². The molecular formula is C46H32O22. The zero-order valence-corrected chi connectivity index (χ0v) is 34.1. The standard InChI is InChI=1S/C16H12O7.C15H10O8.C15H10O7/c1-22-8-5-11(19)13-12(6-8)23-16(15(21)14(13)20)7-2-3-9(17)10(18)4-7;16-6-2-1-5(3-7(6)17)15-14(22)13(21)10-9(23-15)4-8(18)11(19)12(10)20;16-7-1-2-8-11(5-7)22-15(14(21)12(8)19)6-3-9(17)13(20)10(18)4-6/h2-6,17-19,21H,1H3;1-4,16-20,22H;1-5,16-18,20-21H. The van der Waals surface area contributed by atoms with Crippen molar-refractivity contribution >= 4 is 32.9 Å². The molecule has 3 heterocycles. The van der Waals surface area contributed by atoms with Crippen LogP contribution in [-0.4, -0.2) is 83.7 Å². The Hall–Kier alpha value is -10.3. The summed E-state index contributed by atoms with van der Waals surface area (Å²) in [7, 11) is 1.39. The highest BCUT2D eigenvalue weighted by atomic mass is 16.5. The van der Waals surface area contributed by atoms with Crippen molar-refractivity contribution in [1.82, 2.24) is 0 Å². The Bertz CT molecular complexity index is 3680. The minimum absolute atomic E-state index is 0.00668. The van der Waals surface area contributed by atoms with Crippen molar-refractivity contribution in [3.8, 4) is 126 Å². The fourth-order valence-corrected chi connectivity index (χ4v) is 6.51. The summed E-state index contributed by atoms with van der Waals surface area (Å²) in [6, 6.07) is 16.5. The number of phenolic OH excluding ortho intramolecular Hbond substituents is 12. The molecular weight excluding hydrogens is 904 g/mol. The van der Waals surface area contributed by atoms with Gasteiger partial charge in [-0.3, -0.25) is 14.4 Å². The number of aromatic hydroxyl groups is 15. The molecule has 9 rings (SSSR count). The SMILES string of the molecule is COc1cc(O)c2c(=O)c(O)c(-c3ccc(O)c(O)c3)oc2c1.O=c1c(O)c(-c2cc(O)c(O)c(O)c2)oc2cc(O)ccc12.O=c1c(O)c(-c2ccc(O)c(O)c2)oc2cc(O)c(O)c(O)c12. The van der Waals surface area contributed by atoms with E-state index in [4.69, 9.17) is 18.0 Å². The van der Waals surface area contributed by atoms with E-state index in [2.05, 4.69) is 0 Å². The van der Waals surface area contributed by atoms with E-state index in [0.717, 1.165) is 36.4 Å². The fourth-order valence-electron chi connectivity index (χ4n) is 6.51. The summed E-state index contributed by atoms with van der Waals surface area (Å²) < 4.78 is 21.2. The normalized spacial score (nSPS) is 10.9. The van der Waals surface area contributed by atoms with Crippen LogP contribution in [0.25, 0.3) is 66.9 Å². The number of benzene rings is 6. The summed E-state index contributed by atoms with van der Waals surface area (Å²) in [4.78, 5) is 36.6. The van der Waals surface area contributed by atoms with Crippen molar-refractivity contribution in [2.45, 2.75) is 0 Å². The van der Waals surface area contributed by atoms with Gasteiger partial charge in [0.2, 0.25) is 39.3 Å². The lowest BCUT2D eigenvalue weighted by molar-refractivity contribution is 0.368. The van der Waals surface area contributed by atoms with E-state index >= 15 is 0 Å². The third-order valence-electron chi connectivity index (χ3n) is 9.91. The van der Waals surface area contributed by atoms with E-state index in [1.807, 2.05) is 0 Å². The van der Waals surface area contributed by atoms with Gasteiger partial charge in [0, 0.05) is 41.0 Å². The van der Waals surface area contributed by atoms with Crippen LogP contribution in [0.4, 0.5) is 0 Å². The molecule has 0 spiro atoms. The van der Waals surface area contributed by atoms with Gasteiger partial charge in [0.1, 0.15) is 44.8 Å². The van der Waals surface area contributed by atoms with E-state index in [9.17, 15) is 91.0 Å². The van der Waals surface area contributed by atoms with Gasteiger partial charge in [-0.2, -0.15) is 0 Å². The molecule has 0 atom stereocenters. The molecule has 6 aromatic carbocycles. The van der Waals surface area contributed by atoms with Gasteiger partial charge < -0.3 is 94.6 Å². The Labute approximate surface area is 375 Å². The molecule has 0 saturated heterocycles. The van der Waals surface area contributed by atoms with Gasteiger partial charge in [-0.25, -0.2) is 0 Å². The Morgan fingerprint density at radius 2 is 0.809 bits per heavy atom. The van der Waals surface area contributed by atoms with Crippen molar-refractivity contribution in [1.29, 1.82) is 0 Å². The van der Waals surface area contributed by atoms with Gasteiger partial charge in [-0.15, -0.1) is 0 Å². The summed E-state index contributed by atoms with van der Waals surface area (Å²) in [6.45, 7) is 0. The minimum atomic E-state index is -1.04. The second-order valence-corrected chi connectivity index (χ2v) is 14.3. The maximum atomic E-state index is 12.3. The molecule has 348 valence electrons. The number of hydrogen-bond acceptors (Lipinski definition) is 22. The first kappa shape index (κ1) is 45.8. The Morgan fingerprint density at radius 3 is 1.34 bits per heavy atom. The topological polar surface area (TPSA) is 403 Å². The first-order chi connectivity index (χ1) is 32.1. The van der Waals surface area contributed by atoms with E-state index in [1.165, 1.54) is 55.6 Å². The van der Waals surface area contributed by atoms with E-state index in [0.29, 0.717) is 0 Å². The minimum Gasteiger partial charge on any atom is -0.508 e. The number of ether oxygens (including phenoxy) is 1. The van der Waals surface area contributed by atoms with Gasteiger partial charge in [-0.1, -0.05) is 0 Å². The summed E-state index contributed by atoms with van der Waals surface area (Å²) >= 11 is 0. The molecule has 3 aromatic heterocycles. The number of rotatable bonds is 4. The van der Waals surface area contributed by atoms with E-state index < -0.39 is 90.7 Å². The largest absolute Gasteiger partial charge is 0.508 e. The van der Waals surface area contributed by atoms with Gasteiger partial charge in [0.15, 0.2) is 69.0 Å². The second kappa shape index (κ2) is 17.4. The Kier molecular flexibility index (Phi) is 11.7. The molecule has 0 aliphatic carbocycles. The number of phenols is 12. The molecule has 0 saturated carbocycles. The van der Waals surface area contributed by atoms with Crippen molar-refractivity contribution in [2.24, 2.45) is 0 Å².